The molecule has 2 atom stereocenters. The van der Waals surface area contributed by atoms with Crippen LogP contribution in [0.5, 0.6) is 5.75 Å². The Morgan fingerprint density at radius 2 is 1.62 bits per heavy atom. The number of sulfonamides is 1. The molecular formula is C27H29NO5S. The molecule has 3 aromatic carbocycles. The van der Waals surface area contributed by atoms with Gasteiger partial charge >= 0.3 is 5.97 Å². The van der Waals surface area contributed by atoms with Gasteiger partial charge in [-0.05, 0) is 85.8 Å². The summed E-state index contributed by atoms with van der Waals surface area (Å²) < 4.78 is 34.4. The van der Waals surface area contributed by atoms with Crippen LogP contribution in [0.3, 0.4) is 0 Å². The number of fused-ring (bicyclic) bond motifs is 1. The number of carbonyl (C=O) groups is 1. The number of anilines is 1. The number of benzene rings is 3. The Balaban J connectivity index is 1.76. The van der Waals surface area contributed by atoms with Crippen LogP contribution in [0.25, 0.3) is 11.1 Å². The summed E-state index contributed by atoms with van der Waals surface area (Å²) in [6, 6.07) is 16.8. The fourth-order valence-corrected chi connectivity index (χ4v) is 6.47. The summed E-state index contributed by atoms with van der Waals surface area (Å²) in [6.45, 7) is 9.23. The molecule has 0 bridgehead atoms. The van der Waals surface area contributed by atoms with E-state index in [-0.39, 0.29) is 16.9 Å². The van der Waals surface area contributed by atoms with Crippen molar-refractivity contribution in [1.82, 2.24) is 0 Å². The van der Waals surface area contributed by atoms with Crippen LogP contribution in [0.4, 0.5) is 5.69 Å². The second-order valence-corrected chi connectivity index (χ2v) is 10.9. The Morgan fingerprint density at radius 1 is 0.941 bits per heavy atom. The molecule has 2 unspecified atom stereocenters. The Morgan fingerprint density at radius 3 is 2.24 bits per heavy atom. The van der Waals surface area contributed by atoms with Crippen LogP contribution < -0.4 is 9.04 Å². The smallest absolute Gasteiger partial charge is 0.341 e. The minimum atomic E-state index is -3.85. The molecule has 1 aliphatic heterocycles. The molecule has 1 N–H and O–H groups in total. The van der Waals surface area contributed by atoms with Gasteiger partial charge in [-0.1, -0.05) is 36.8 Å². The van der Waals surface area contributed by atoms with Crippen LogP contribution in [-0.4, -0.2) is 32.1 Å². The third kappa shape index (κ3) is 4.16. The topological polar surface area (TPSA) is 83.9 Å². The lowest BCUT2D eigenvalue weighted by molar-refractivity contribution is -0.139. The lowest BCUT2D eigenvalue weighted by atomic mass is 9.92. The van der Waals surface area contributed by atoms with E-state index in [1.54, 1.807) is 6.92 Å². The minimum absolute atomic E-state index is 0.0214. The number of rotatable bonds is 6. The lowest BCUT2D eigenvalue weighted by Gasteiger charge is -2.27. The van der Waals surface area contributed by atoms with E-state index in [2.05, 4.69) is 44.2 Å². The highest BCUT2D eigenvalue weighted by molar-refractivity contribution is 7.92. The van der Waals surface area contributed by atoms with E-state index in [1.165, 1.54) is 28.1 Å². The van der Waals surface area contributed by atoms with Crippen LogP contribution in [0.1, 0.15) is 42.0 Å². The van der Waals surface area contributed by atoms with E-state index in [0.717, 1.165) is 27.9 Å². The lowest BCUT2D eigenvalue weighted by Crippen LogP contribution is -2.37. The van der Waals surface area contributed by atoms with E-state index in [1.807, 2.05) is 19.9 Å². The number of ether oxygens (including phenoxy) is 1. The van der Waals surface area contributed by atoms with Gasteiger partial charge in [0.1, 0.15) is 5.75 Å². The van der Waals surface area contributed by atoms with Gasteiger partial charge in [0.2, 0.25) is 0 Å². The van der Waals surface area contributed by atoms with Gasteiger partial charge in [-0.3, -0.25) is 4.31 Å². The first-order valence-corrected chi connectivity index (χ1v) is 12.7. The van der Waals surface area contributed by atoms with Crippen LogP contribution in [-0.2, 0) is 14.8 Å². The summed E-state index contributed by atoms with van der Waals surface area (Å²) in [5.41, 5.74) is 6.59. The molecule has 0 fully saturated rings. The largest absolute Gasteiger partial charge is 0.482 e. The molecule has 1 aliphatic rings. The van der Waals surface area contributed by atoms with Crippen molar-refractivity contribution >= 4 is 21.7 Å². The molecule has 178 valence electrons. The quantitative estimate of drug-likeness (QED) is 0.509. The minimum Gasteiger partial charge on any atom is -0.482 e. The first-order valence-electron chi connectivity index (χ1n) is 11.2. The molecule has 3 aromatic rings. The fourth-order valence-electron chi connectivity index (χ4n) is 4.57. The van der Waals surface area contributed by atoms with Gasteiger partial charge < -0.3 is 9.84 Å². The number of hydrogen-bond acceptors (Lipinski definition) is 4. The molecule has 0 amide bonds. The van der Waals surface area contributed by atoms with Gasteiger partial charge in [0, 0.05) is 12.0 Å². The Bertz CT molecular complexity index is 1360. The highest BCUT2D eigenvalue weighted by Crippen LogP contribution is 2.47. The Kier molecular flexibility index (Phi) is 6.16. The number of nitrogens with zero attached hydrogens (tertiary/aromatic N) is 1. The molecule has 4 rings (SSSR count). The maximum atomic E-state index is 13.8. The monoisotopic (exact) mass is 479 g/mol. The Labute approximate surface area is 200 Å². The number of aliphatic carboxylic acids is 1. The number of carboxylic acid groups (broad SMARTS) is 1. The maximum Gasteiger partial charge on any atom is 0.341 e. The molecule has 1 heterocycles. The number of hydrogen-bond donors (Lipinski definition) is 1. The highest BCUT2D eigenvalue weighted by Gasteiger charge is 2.41. The van der Waals surface area contributed by atoms with Gasteiger partial charge in [0.05, 0.1) is 10.6 Å². The van der Waals surface area contributed by atoms with Crippen molar-refractivity contribution in [2.45, 2.75) is 51.5 Å². The van der Waals surface area contributed by atoms with Crippen molar-refractivity contribution in [3.05, 3.63) is 76.9 Å². The third-order valence-corrected chi connectivity index (χ3v) is 8.46. The predicted octanol–water partition coefficient (Wildman–Crippen LogP) is 5.44. The SMILES string of the molecule is Cc1ccc(-c2cc(C)c3c(c2)C(C)C(C)N3S(=O)(=O)c2ccc(OCC(=O)O)c(C)c2)cc1. The standard InChI is InChI=1S/C27H29NO5S/c1-16-6-8-21(9-7-16)22-12-18(3)27-24(14-22)19(4)20(5)28(27)34(31,32)23-10-11-25(17(2)13-23)33-15-26(29)30/h6-14,19-20H,15H2,1-5H3,(H,29,30). The summed E-state index contributed by atoms with van der Waals surface area (Å²) in [6.07, 6.45) is 0. The molecule has 7 heteroatoms. The van der Waals surface area contributed by atoms with Crippen molar-refractivity contribution in [2.24, 2.45) is 0 Å². The summed E-state index contributed by atoms with van der Waals surface area (Å²) >= 11 is 0. The van der Waals surface area contributed by atoms with E-state index in [0.29, 0.717) is 11.3 Å². The number of carboxylic acids is 1. The average Bonchev–Trinajstić information content (AvgIpc) is 3.04. The van der Waals surface area contributed by atoms with E-state index in [9.17, 15) is 13.2 Å². The highest BCUT2D eigenvalue weighted by atomic mass is 32.2. The van der Waals surface area contributed by atoms with E-state index in [4.69, 9.17) is 9.84 Å². The van der Waals surface area contributed by atoms with Crippen LogP contribution in [0, 0.1) is 20.8 Å². The number of aryl methyl sites for hydroxylation is 3. The van der Waals surface area contributed by atoms with Gasteiger partial charge in [-0.25, -0.2) is 13.2 Å². The van der Waals surface area contributed by atoms with Gasteiger partial charge in [0.25, 0.3) is 10.0 Å². The molecule has 0 aromatic heterocycles. The van der Waals surface area contributed by atoms with Crippen molar-refractivity contribution in [1.29, 1.82) is 0 Å². The Hall–Kier alpha value is -3.32. The van der Waals surface area contributed by atoms with Crippen molar-refractivity contribution < 1.29 is 23.1 Å². The molecule has 0 aliphatic carbocycles. The second kappa shape index (κ2) is 8.80. The molecule has 0 saturated carbocycles. The normalized spacial score (nSPS) is 17.5. The zero-order chi connectivity index (χ0) is 24.8. The fraction of sp³-hybridized carbons (Fsp3) is 0.296. The predicted molar refractivity (Wildman–Crippen MR) is 133 cm³/mol. The zero-order valence-corrected chi connectivity index (χ0v) is 20.8. The molecule has 0 radical (unpaired) electrons. The van der Waals surface area contributed by atoms with Crippen LogP contribution in [0.2, 0.25) is 0 Å². The molecule has 34 heavy (non-hydrogen) atoms. The molecule has 0 saturated heterocycles. The van der Waals surface area contributed by atoms with E-state index >= 15 is 0 Å². The second-order valence-electron chi connectivity index (χ2n) is 9.04. The van der Waals surface area contributed by atoms with Crippen molar-refractivity contribution in [3.63, 3.8) is 0 Å². The average molecular weight is 480 g/mol. The molecular weight excluding hydrogens is 450 g/mol. The first-order chi connectivity index (χ1) is 16.0. The zero-order valence-electron chi connectivity index (χ0n) is 20.0. The summed E-state index contributed by atoms with van der Waals surface area (Å²) in [5.74, 6) is -0.718. The van der Waals surface area contributed by atoms with Crippen molar-refractivity contribution in [2.75, 3.05) is 10.9 Å². The van der Waals surface area contributed by atoms with Gasteiger partial charge in [-0.2, -0.15) is 0 Å². The van der Waals surface area contributed by atoms with E-state index < -0.39 is 22.6 Å². The maximum absolute atomic E-state index is 13.8. The summed E-state index contributed by atoms with van der Waals surface area (Å²) in [4.78, 5) is 11.0. The van der Waals surface area contributed by atoms with Crippen LogP contribution in [0.15, 0.2) is 59.5 Å². The first kappa shape index (κ1) is 23.8. The van der Waals surface area contributed by atoms with Gasteiger partial charge in [-0.15, -0.1) is 0 Å². The summed E-state index contributed by atoms with van der Waals surface area (Å²) in [5, 5.41) is 8.84. The molecule has 6 nitrogen and oxygen atoms in total. The molecule has 0 spiro atoms. The summed E-state index contributed by atoms with van der Waals surface area (Å²) in [7, 11) is -3.85. The van der Waals surface area contributed by atoms with Gasteiger partial charge in [0.15, 0.2) is 6.61 Å². The van der Waals surface area contributed by atoms with Crippen LogP contribution >= 0.6 is 0 Å². The third-order valence-electron chi connectivity index (χ3n) is 6.57. The van der Waals surface area contributed by atoms with Crippen molar-refractivity contribution in [3.8, 4) is 16.9 Å².